The van der Waals surface area contributed by atoms with E-state index in [9.17, 15) is 4.79 Å². The summed E-state index contributed by atoms with van der Waals surface area (Å²) < 4.78 is 1.98. The van der Waals surface area contributed by atoms with E-state index in [1.54, 1.807) is 0 Å². The number of nitrogens with zero attached hydrogens (tertiary/aromatic N) is 1. The molecule has 0 aliphatic heterocycles. The molecule has 3 rings (SSSR count). The van der Waals surface area contributed by atoms with Gasteiger partial charge in [0.15, 0.2) is 0 Å². The fourth-order valence-electron chi connectivity index (χ4n) is 3.59. The molecule has 2 bridgehead atoms. The van der Waals surface area contributed by atoms with Crippen LogP contribution in [-0.2, 0) is 5.41 Å². The summed E-state index contributed by atoms with van der Waals surface area (Å²) >= 11 is 0. The Hall–Kier alpha value is -0.990. The normalized spacial score (nSPS) is 32.3. The van der Waals surface area contributed by atoms with E-state index >= 15 is 0 Å². The van der Waals surface area contributed by atoms with Crippen molar-refractivity contribution in [1.82, 2.24) is 9.55 Å². The molecule has 2 aliphatic carbocycles. The summed E-state index contributed by atoms with van der Waals surface area (Å²) in [5, 5.41) is 0. The van der Waals surface area contributed by atoms with Gasteiger partial charge in [0.05, 0.1) is 0 Å². The Balaban J connectivity index is 1.94. The molecule has 0 spiro atoms. The summed E-state index contributed by atoms with van der Waals surface area (Å²) in [6.07, 6.45) is 7.32. The molecule has 3 heteroatoms. The molecule has 2 aliphatic rings. The van der Waals surface area contributed by atoms with Crippen molar-refractivity contribution in [2.24, 2.45) is 11.8 Å². The zero-order chi connectivity index (χ0) is 12.2. The molecular formula is C14H22N2O. The predicted molar refractivity (Wildman–Crippen MR) is 68.2 cm³/mol. The molecule has 0 aromatic carbocycles. The minimum atomic E-state index is 0.0298. The van der Waals surface area contributed by atoms with Gasteiger partial charge in [-0.1, -0.05) is 27.2 Å². The van der Waals surface area contributed by atoms with E-state index in [0.29, 0.717) is 6.04 Å². The number of aromatic amines is 1. The first-order valence-corrected chi connectivity index (χ1v) is 6.77. The molecular weight excluding hydrogens is 212 g/mol. The van der Waals surface area contributed by atoms with Gasteiger partial charge in [-0.25, -0.2) is 4.79 Å². The number of rotatable bonds is 1. The average Bonchev–Trinajstić information content (AvgIpc) is 2.88. The molecule has 1 heterocycles. The van der Waals surface area contributed by atoms with Crippen LogP contribution in [0.4, 0.5) is 0 Å². The highest BCUT2D eigenvalue weighted by Crippen LogP contribution is 2.50. The lowest BCUT2D eigenvalue weighted by Crippen LogP contribution is -2.25. The summed E-state index contributed by atoms with van der Waals surface area (Å²) in [7, 11) is 0. The Morgan fingerprint density at radius 2 is 2.06 bits per heavy atom. The van der Waals surface area contributed by atoms with Crippen LogP contribution in [0.5, 0.6) is 0 Å². The second kappa shape index (κ2) is 3.50. The van der Waals surface area contributed by atoms with Crippen molar-refractivity contribution < 1.29 is 0 Å². The maximum atomic E-state index is 12.1. The van der Waals surface area contributed by atoms with Crippen LogP contribution in [0.1, 0.15) is 58.2 Å². The summed E-state index contributed by atoms with van der Waals surface area (Å²) in [4.78, 5) is 15.1. The van der Waals surface area contributed by atoms with Crippen LogP contribution in [-0.4, -0.2) is 9.55 Å². The van der Waals surface area contributed by atoms with Crippen LogP contribution in [0.3, 0.4) is 0 Å². The number of hydrogen-bond acceptors (Lipinski definition) is 1. The van der Waals surface area contributed by atoms with E-state index in [1.165, 1.54) is 25.7 Å². The average molecular weight is 234 g/mol. The molecule has 1 N–H and O–H groups in total. The molecule has 0 amide bonds. The summed E-state index contributed by atoms with van der Waals surface area (Å²) in [5.74, 6) is 1.63. The Bertz CT molecular complexity index is 477. The van der Waals surface area contributed by atoms with Crippen molar-refractivity contribution in [1.29, 1.82) is 0 Å². The maximum Gasteiger partial charge on any atom is 0.325 e. The van der Waals surface area contributed by atoms with Gasteiger partial charge < -0.3 is 4.98 Å². The van der Waals surface area contributed by atoms with Gasteiger partial charge in [-0.3, -0.25) is 4.57 Å². The van der Waals surface area contributed by atoms with Gasteiger partial charge in [0.25, 0.3) is 0 Å². The third-order valence-electron chi connectivity index (χ3n) is 4.61. The van der Waals surface area contributed by atoms with Gasteiger partial charge in [0.2, 0.25) is 0 Å². The first-order chi connectivity index (χ1) is 7.95. The first-order valence-electron chi connectivity index (χ1n) is 6.77. The van der Waals surface area contributed by atoms with E-state index in [0.717, 1.165) is 17.5 Å². The van der Waals surface area contributed by atoms with Crippen molar-refractivity contribution in [3.63, 3.8) is 0 Å². The van der Waals surface area contributed by atoms with Crippen LogP contribution >= 0.6 is 0 Å². The van der Waals surface area contributed by atoms with E-state index in [1.807, 2.05) is 4.57 Å². The van der Waals surface area contributed by atoms with Gasteiger partial charge in [-0.05, 0) is 31.1 Å². The van der Waals surface area contributed by atoms with Crippen LogP contribution in [0.2, 0.25) is 0 Å². The zero-order valence-electron chi connectivity index (χ0n) is 11.0. The fourth-order valence-corrected chi connectivity index (χ4v) is 3.59. The summed E-state index contributed by atoms with van der Waals surface area (Å²) in [6.45, 7) is 6.43. The van der Waals surface area contributed by atoms with Gasteiger partial charge in [-0.15, -0.1) is 0 Å². The van der Waals surface area contributed by atoms with Crippen LogP contribution in [0.25, 0.3) is 0 Å². The highest BCUT2D eigenvalue weighted by atomic mass is 16.1. The fraction of sp³-hybridized carbons (Fsp3) is 0.786. The van der Waals surface area contributed by atoms with Crippen molar-refractivity contribution in [2.45, 2.75) is 57.9 Å². The number of fused-ring (bicyclic) bond motifs is 2. The number of hydrogen-bond donors (Lipinski definition) is 1. The van der Waals surface area contributed by atoms with Crippen molar-refractivity contribution in [2.75, 3.05) is 0 Å². The molecule has 0 saturated heterocycles. The topological polar surface area (TPSA) is 37.8 Å². The molecule has 3 atom stereocenters. The number of nitrogens with one attached hydrogen (secondary N) is 1. The van der Waals surface area contributed by atoms with E-state index in [2.05, 4.69) is 32.0 Å². The summed E-state index contributed by atoms with van der Waals surface area (Å²) in [5.41, 5.74) is 1.18. The Kier molecular flexibility index (Phi) is 2.29. The zero-order valence-corrected chi connectivity index (χ0v) is 11.0. The lowest BCUT2D eigenvalue weighted by Gasteiger charge is -2.22. The second-order valence-corrected chi connectivity index (χ2v) is 6.87. The van der Waals surface area contributed by atoms with Crippen LogP contribution in [0.15, 0.2) is 11.0 Å². The van der Waals surface area contributed by atoms with Crippen molar-refractivity contribution in [3.8, 4) is 0 Å². The molecule has 1 aromatic rings. The molecule has 3 nitrogen and oxygen atoms in total. The largest absolute Gasteiger partial charge is 0.325 e. The molecule has 1 aromatic heterocycles. The standard InChI is InChI=1S/C14H22N2O/c1-14(2,3)12-8-16(13(17)15-12)11-7-9-4-5-10(11)6-9/h8-11H,4-7H2,1-3H3,(H,15,17)/t9-,10+,11-/m1/s1. The third-order valence-corrected chi connectivity index (χ3v) is 4.61. The number of imidazole rings is 1. The highest BCUT2D eigenvalue weighted by Gasteiger charge is 2.41. The van der Waals surface area contributed by atoms with Gasteiger partial charge >= 0.3 is 5.69 Å². The first kappa shape index (κ1) is 11.1. The van der Waals surface area contributed by atoms with Crippen molar-refractivity contribution in [3.05, 3.63) is 22.4 Å². The monoisotopic (exact) mass is 234 g/mol. The summed E-state index contributed by atoms with van der Waals surface area (Å²) in [6, 6.07) is 0.466. The minimum absolute atomic E-state index is 0.0298. The van der Waals surface area contributed by atoms with Gasteiger partial charge in [0.1, 0.15) is 0 Å². The minimum Gasteiger partial charge on any atom is -0.309 e. The SMILES string of the molecule is CC(C)(C)c1cn([C@@H]2C[C@@H]3CC[C@H]2C3)c(=O)[nH]1. The van der Waals surface area contributed by atoms with E-state index in [4.69, 9.17) is 0 Å². The molecule has 2 fully saturated rings. The Morgan fingerprint density at radius 1 is 1.29 bits per heavy atom. The second-order valence-electron chi connectivity index (χ2n) is 6.87. The molecule has 17 heavy (non-hydrogen) atoms. The maximum absolute atomic E-state index is 12.1. The third kappa shape index (κ3) is 1.76. The Morgan fingerprint density at radius 3 is 2.53 bits per heavy atom. The molecule has 94 valence electrons. The van der Waals surface area contributed by atoms with E-state index in [-0.39, 0.29) is 11.1 Å². The van der Waals surface area contributed by atoms with Crippen molar-refractivity contribution >= 4 is 0 Å². The Labute approximate surface area is 102 Å². The van der Waals surface area contributed by atoms with E-state index < -0.39 is 0 Å². The van der Waals surface area contributed by atoms with Crippen LogP contribution in [0, 0.1) is 11.8 Å². The predicted octanol–water partition coefficient (Wildman–Crippen LogP) is 2.84. The number of H-pyrrole nitrogens is 1. The lowest BCUT2D eigenvalue weighted by molar-refractivity contribution is 0.323. The van der Waals surface area contributed by atoms with Gasteiger partial charge in [-0.2, -0.15) is 0 Å². The molecule has 0 radical (unpaired) electrons. The van der Waals surface area contributed by atoms with Crippen LogP contribution < -0.4 is 5.69 Å². The molecule has 2 saturated carbocycles. The molecule has 0 unspecified atom stereocenters. The highest BCUT2D eigenvalue weighted by molar-refractivity contribution is 5.11. The quantitative estimate of drug-likeness (QED) is 0.797. The smallest absolute Gasteiger partial charge is 0.309 e. The van der Waals surface area contributed by atoms with Gasteiger partial charge in [0, 0.05) is 23.3 Å². The lowest BCUT2D eigenvalue weighted by atomic mass is 9.92. The number of aromatic nitrogens is 2.